The van der Waals surface area contributed by atoms with Crippen LogP contribution in [0.3, 0.4) is 0 Å². The third kappa shape index (κ3) is 3.40. The van der Waals surface area contributed by atoms with Gasteiger partial charge in [0.15, 0.2) is 0 Å². The number of carbonyl (C=O) groups excluding carboxylic acids is 4. The number of amides is 3. The molecule has 0 spiro atoms. The number of hydrogen-bond donors (Lipinski definition) is 1. The molecule has 1 heterocycles. The van der Waals surface area contributed by atoms with Crippen molar-refractivity contribution >= 4 is 23.9 Å². The highest BCUT2D eigenvalue weighted by Crippen LogP contribution is 2.46. The van der Waals surface area contributed by atoms with Crippen molar-refractivity contribution in [1.29, 1.82) is 0 Å². The zero-order valence-electron chi connectivity index (χ0n) is 14.8. The van der Waals surface area contributed by atoms with Crippen LogP contribution in [0, 0.1) is 5.41 Å². The molecule has 1 fully saturated rings. The van der Waals surface area contributed by atoms with Crippen molar-refractivity contribution in [3.63, 3.8) is 0 Å². The second-order valence-electron chi connectivity index (χ2n) is 7.46. The molecule has 1 aromatic carbocycles. The van der Waals surface area contributed by atoms with E-state index in [9.17, 15) is 19.2 Å². The first-order valence-corrected chi connectivity index (χ1v) is 8.30. The number of alkyl carbamates (subject to hydrolysis) is 1. The molecule has 0 unspecified atom stereocenters. The molecule has 138 valence electrons. The molecule has 1 aliphatic carbocycles. The molecule has 1 aromatic rings. The lowest BCUT2D eigenvalue weighted by Crippen LogP contribution is -2.41. The molecule has 0 atom stereocenters. The highest BCUT2D eigenvalue weighted by molar-refractivity contribution is 6.20. The number of benzene rings is 1. The summed E-state index contributed by atoms with van der Waals surface area (Å²) in [7, 11) is 0. The molecule has 3 rings (SSSR count). The Bertz CT molecular complexity index is 756. The van der Waals surface area contributed by atoms with Crippen molar-refractivity contribution in [3.05, 3.63) is 35.4 Å². The van der Waals surface area contributed by atoms with E-state index in [1.165, 1.54) is 12.1 Å². The summed E-state index contributed by atoms with van der Waals surface area (Å²) in [5.74, 6) is -2.06. The van der Waals surface area contributed by atoms with E-state index in [4.69, 9.17) is 9.57 Å². The lowest BCUT2D eigenvalue weighted by molar-refractivity contribution is -0.175. The molecular formula is C18H20N2O6. The number of rotatable bonds is 4. The monoisotopic (exact) mass is 360 g/mol. The van der Waals surface area contributed by atoms with Crippen molar-refractivity contribution < 1.29 is 28.8 Å². The molecule has 26 heavy (non-hydrogen) atoms. The van der Waals surface area contributed by atoms with E-state index in [1.54, 1.807) is 32.9 Å². The van der Waals surface area contributed by atoms with Gasteiger partial charge in [0.25, 0.3) is 11.8 Å². The number of hydrogen-bond acceptors (Lipinski definition) is 6. The van der Waals surface area contributed by atoms with Gasteiger partial charge in [0.05, 0.1) is 16.5 Å². The van der Waals surface area contributed by atoms with Crippen molar-refractivity contribution in [2.75, 3.05) is 6.54 Å². The Hall–Kier alpha value is -2.90. The molecule has 0 saturated heterocycles. The third-order valence-corrected chi connectivity index (χ3v) is 4.19. The van der Waals surface area contributed by atoms with E-state index >= 15 is 0 Å². The fourth-order valence-corrected chi connectivity index (χ4v) is 2.59. The van der Waals surface area contributed by atoms with Gasteiger partial charge in [0.1, 0.15) is 5.60 Å². The van der Waals surface area contributed by atoms with Crippen LogP contribution in [0.25, 0.3) is 0 Å². The molecule has 8 heteroatoms. The largest absolute Gasteiger partial charge is 0.444 e. The van der Waals surface area contributed by atoms with Gasteiger partial charge in [-0.2, -0.15) is 0 Å². The maximum Gasteiger partial charge on any atom is 0.407 e. The molecule has 3 amide bonds. The Morgan fingerprint density at radius 3 is 2.12 bits per heavy atom. The fourth-order valence-electron chi connectivity index (χ4n) is 2.59. The van der Waals surface area contributed by atoms with Crippen LogP contribution >= 0.6 is 0 Å². The summed E-state index contributed by atoms with van der Waals surface area (Å²) in [6.45, 7) is 5.21. The van der Waals surface area contributed by atoms with E-state index in [0.717, 1.165) is 0 Å². The minimum absolute atomic E-state index is 0.0178. The second-order valence-corrected chi connectivity index (χ2v) is 7.46. The summed E-state index contributed by atoms with van der Waals surface area (Å²) in [6.07, 6.45) is 0.340. The lowest BCUT2D eigenvalue weighted by Gasteiger charge is -2.22. The zero-order chi connectivity index (χ0) is 19.1. The number of imide groups is 1. The Balaban J connectivity index is 1.61. The topological polar surface area (TPSA) is 102 Å². The minimum atomic E-state index is -0.938. The first-order valence-electron chi connectivity index (χ1n) is 8.30. The van der Waals surface area contributed by atoms with Gasteiger partial charge in [-0.1, -0.05) is 17.2 Å². The van der Waals surface area contributed by atoms with Gasteiger partial charge in [-0.25, -0.2) is 9.59 Å². The van der Waals surface area contributed by atoms with Gasteiger partial charge in [0, 0.05) is 6.54 Å². The number of hydroxylamine groups is 2. The lowest BCUT2D eigenvalue weighted by atomic mass is 10.1. The Morgan fingerprint density at radius 2 is 1.65 bits per heavy atom. The summed E-state index contributed by atoms with van der Waals surface area (Å²) >= 11 is 0. The van der Waals surface area contributed by atoms with Crippen LogP contribution < -0.4 is 5.32 Å². The van der Waals surface area contributed by atoms with E-state index in [-0.39, 0.29) is 17.7 Å². The van der Waals surface area contributed by atoms with Gasteiger partial charge in [-0.05, 0) is 45.7 Å². The molecule has 2 aliphatic rings. The number of fused-ring (bicyclic) bond motifs is 1. The molecule has 1 N–H and O–H groups in total. The van der Waals surface area contributed by atoms with Crippen LogP contribution in [0.4, 0.5) is 4.79 Å². The van der Waals surface area contributed by atoms with E-state index < -0.39 is 34.9 Å². The average Bonchev–Trinajstić information content (AvgIpc) is 3.32. The molecular weight excluding hydrogens is 340 g/mol. The molecule has 8 nitrogen and oxygen atoms in total. The van der Waals surface area contributed by atoms with Crippen LogP contribution in [0.2, 0.25) is 0 Å². The molecule has 0 aromatic heterocycles. The van der Waals surface area contributed by atoms with Gasteiger partial charge in [-0.15, -0.1) is 0 Å². The van der Waals surface area contributed by atoms with E-state index in [0.29, 0.717) is 17.9 Å². The highest BCUT2D eigenvalue weighted by atomic mass is 16.7. The second kappa shape index (κ2) is 6.12. The Morgan fingerprint density at radius 1 is 1.12 bits per heavy atom. The van der Waals surface area contributed by atoms with Crippen molar-refractivity contribution in [3.8, 4) is 0 Å². The fraction of sp³-hybridized carbons (Fsp3) is 0.444. The average molecular weight is 360 g/mol. The quantitative estimate of drug-likeness (QED) is 0.825. The number of nitrogens with one attached hydrogen (secondary N) is 1. The predicted molar refractivity (Wildman–Crippen MR) is 88.9 cm³/mol. The van der Waals surface area contributed by atoms with Gasteiger partial charge in [-0.3, -0.25) is 9.59 Å². The van der Waals surface area contributed by atoms with Crippen molar-refractivity contribution in [2.45, 2.75) is 39.2 Å². The van der Waals surface area contributed by atoms with Crippen molar-refractivity contribution in [1.82, 2.24) is 10.4 Å². The maximum atomic E-state index is 12.5. The molecule has 1 saturated carbocycles. The van der Waals surface area contributed by atoms with Crippen LogP contribution in [0.15, 0.2) is 24.3 Å². The Labute approximate surface area is 150 Å². The summed E-state index contributed by atoms with van der Waals surface area (Å²) in [6, 6.07) is 6.26. The number of nitrogens with zero attached hydrogens (tertiary/aromatic N) is 1. The van der Waals surface area contributed by atoms with Crippen LogP contribution in [-0.2, 0) is 14.4 Å². The Kier molecular flexibility index (Phi) is 4.21. The standard InChI is InChI=1S/C18H20N2O6/c1-17(2,3)25-16(24)19-10-18(8-9-18)15(23)26-20-13(21)11-6-4-5-7-12(11)14(20)22/h4-7H,8-10H2,1-3H3,(H,19,24). The molecule has 0 radical (unpaired) electrons. The van der Waals surface area contributed by atoms with Gasteiger partial charge in [0.2, 0.25) is 0 Å². The maximum absolute atomic E-state index is 12.5. The number of carbonyl (C=O) groups is 4. The summed E-state index contributed by atoms with van der Waals surface area (Å²) in [5.41, 5.74) is -1.20. The van der Waals surface area contributed by atoms with Crippen LogP contribution in [0.5, 0.6) is 0 Å². The smallest absolute Gasteiger partial charge is 0.407 e. The SMILES string of the molecule is CC(C)(C)OC(=O)NCC1(C(=O)ON2C(=O)c3ccccc3C2=O)CC1. The number of ether oxygens (including phenoxy) is 1. The highest BCUT2D eigenvalue weighted by Gasteiger charge is 2.54. The van der Waals surface area contributed by atoms with E-state index in [2.05, 4.69) is 5.32 Å². The van der Waals surface area contributed by atoms with Crippen molar-refractivity contribution in [2.24, 2.45) is 5.41 Å². The molecule has 1 aliphatic heterocycles. The zero-order valence-corrected chi connectivity index (χ0v) is 14.8. The van der Waals surface area contributed by atoms with E-state index in [1.807, 2.05) is 0 Å². The van der Waals surface area contributed by atoms with Gasteiger partial charge < -0.3 is 14.9 Å². The molecule has 0 bridgehead atoms. The summed E-state index contributed by atoms with van der Waals surface area (Å²) in [4.78, 5) is 53.8. The third-order valence-electron chi connectivity index (χ3n) is 4.19. The normalized spacial score (nSPS) is 17.6. The van der Waals surface area contributed by atoms with Gasteiger partial charge >= 0.3 is 12.1 Å². The summed E-state index contributed by atoms with van der Waals surface area (Å²) in [5, 5.41) is 3.02. The van der Waals surface area contributed by atoms with Crippen LogP contribution in [-0.4, -0.2) is 41.1 Å². The van der Waals surface area contributed by atoms with Crippen LogP contribution in [0.1, 0.15) is 54.3 Å². The first-order chi connectivity index (χ1) is 12.1. The predicted octanol–water partition coefficient (Wildman–Crippen LogP) is 2.05. The minimum Gasteiger partial charge on any atom is -0.444 e. The first kappa shape index (κ1) is 17.9. The summed E-state index contributed by atoms with van der Waals surface area (Å²) < 4.78 is 5.13.